The minimum Gasteiger partial charge on any atom is -0.359 e. The SMILES string of the molecule is COC1(C#N)/C=C\C/C=C\C2=CCCC21. The summed E-state index contributed by atoms with van der Waals surface area (Å²) >= 11 is 0. The summed E-state index contributed by atoms with van der Waals surface area (Å²) < 4.78 is 5.45. The van der Waals surface area contributed by atoms with Gasteiger partial charge in [0.1, 0.15) is 6.07 Å². The van der Waals surface area contributed by atoms with Gasteiger partial charge in [0.05, 0.1) is 0 Å². The molecule has 0 heterocycles. The van der Waals surface area contributed by atoms with Crippen molar-refractivity contribution in [3.63, 3.8) is 0 Å². The number of rotatable bonds is 1. The number of allylic oxidation sites excluding steroid dienone is 4. The van der Waals surface area contributed by atoms with Crippen LogP contribution in [-0.4, -0.2) is 12.7 Å². The summed E-state index contributed by atoms with van der Waals surface area (Å²) in [6.07, 6.45) is 13.3. The molecule has 0 fully saturated rings. The molecule has 2 aliphatic carbocycles. The van der Waals surface area contributed by atoms with E-state index in [0.717, 1.165) is 19.3 Å². The summed E-state index contributed by atoms with van der Waals surface area (Å²) in [5, 5.41) is 9.33. The number of hydrogen-bond acceptors (Lipinski definition) is 2. The van der Waals surface area contributed by atoms with Gasteiger partial charge in [-0.2, -0.15) is 5.26 Å². The molecule has 2 heteroatoms. The molecule has 0 aromatic carbocycles. The van der Waals surface area contributed by atoms with E-state index in [1.165, 1.54) is 5.57 Å². The molecule has 0 aromatic heterocycles. The highest BCUT2D eigenvalue weighted by molar-refractivity contribution is 5.37. The summed E-state index contributed by atoms with van der Waals surface area (Å²) in [4.78, 5) is 0. The van der Waals surface area contributed by atoms with Crippen LogP contribution in [0.2, 0.25) is 0 Å². The second kappa shape index (κ2) is 4.04. The lowest BCUT2D eigenvalue weighted by Crippen LogP contribution is -2.36. The van der Waals surface area contributed by atoms with E-state index in [1.807, 2.05) is 12.2 Å². The molecule has 2 nitrogen and oxygen atoms in total. The van der Waals surface area contributed by atoms with E-state index >= 15 is 0 Å². The van der Waals surface area contributed by atoms with Gasteiger partial charge in [-0.3, -0.25) is 0 Å². The first-order valence-electron chi connectivity index (χ1n) is 5.33. The number of fused-ring (bicyclic) bond motifs is 1. The van der Waals surface area contributed by atoms with Gasteiger partial charge in [0, 0.05) is 13.0 Å². The molecule has 0 aliphatic heterocycles. The fourth-order valence-corrected chi connectivity index (χ4v) is 2.38. The van der Waals surface area contributed by atoms with E-state index in [4.69, 9.17) is 4.74 Å². The van der Waals surface area contributed by atoms with Gasteiger partial charge >= 0.3 is 0 Å². The Morgan fingerprint density at radius 3 is 3.13 bits per heavy atom. The molecule has 78 valence electrons. The zero-order chi connectivity index (χ0) is 10.7. The van der Waals surface area contributed by atoms with E-state index in [9.17, 15) is 5.26 Å². The third-order valence-electron chi connectivity index (χ3n) is 3.22. The summed E-state index contributed by atoms with van der Waals surface area (Å²) in [5.41, 5.74) is 0.496. The molecule has 2 unspecified atom stereocenters. The molecular formula is C13H15NO. The first-order valence-corrected chi connectivity index (χ1v) is 5.33. The molecule has 0 spiro atoms. The van der Waals surface area contributed by atoms with Crippen LogP contribution in [0.4, 0.5) is 0 Å². The second-order valence-corrected chi connectivity index (χ2v) is 3.98. The van der Waals surface area contributed by atoms with Crippen LogP contribution in [0.5, 0.6) is 0 Å². The van der Waals surface area contributed by atoms with Crippen LogP contribution in [0.1, 0.15) is 19.3 Å². The topological polar surface area (TPSA) is 33.0 Å². The Morgan fingerprint density at radius 1 is 1.53 bits per heavy atom. The predicted molar refractivity (Wildman–Crippen MR) is 59.1 cm³/mol. The summed E-state index contributed by atoms with van der Waals surface area (Å²) in [7, 11) is 1.62. The Balaban J connectivity index is 2.42. The van der Waals surface area contributed by atoms with E-state index in [2.05, 4.69) is 24.3 Å². The zero-order valence-electron chi connectivity index (χ0n) is 8.94. The average molecular weight is 201 g/mol. The molecule has 15 heavy (non-hydrogen) atoms. The van der Waals surface area contributed by atoms with Crippen molar-refractivity contribution < 1.29 is 4.74 Å². The van der Waals surface area contributed by atoms with Crippen LogP contribution in [-0.2, 0) is 4.74 Å². The quantitative estimate of drug-likeness (QED) is 0.611. The van der Waals surface area contributed by atoms with Crippen molar-refractivity contribution in [2.24, 2.45) is 5.92 Å². The fourth-order valence-electron chi connectivity index (χ4n) is 2.38. The van der Waals surface area contributed by atoms with Crippen molar-refractivity contribution in [2.75, 3.05) is 7.11 Å². The first-order chi connectivity index (χ1) is 7.32. The standard InChI is InChI=1S/C13H15NO/c1-15-13(10-14)9-4-2-3-6-11-7-5-8-12(11)13/h3-4,6-7,9,12H,2,5,8H2,1H3/b6-3-,9-4-. The molecule has 2 atom stereocenters. The number of hydrogen-bond donors (Lipinski definition) is 0. The third kappa shape index (κ3) is 1.64. The molecule has 0 radical (unpaired) electrons. The largest absolute Gasteiger partial charge is 0.359 e. The van der Waals surface area contributed by atoms with E-state index < -0.39 is 5.60 Å². The average Bonchev–Trinajstić information content (AvgIpc) is 2.69. The number of nitrogens with zero attached hydrogens (tertiary/aromatic N) is 1. The highest BCUT2D eigenvalue weighted by Gasteiger charge is 2.40. The van der Waals surface area contributed by atoms with Gasteiger partial charge in [0.25, 0.3) is 0 Å². The maximum Gasteiger partial charge on any atom is 0.179 e. The van der Waals surface area contributed by atoms with Crippen molar-refractivity contribution >= 4 is 0 Å². The molecule has 0 saturated carbocycles. The van der Waals surface area contributed by atoms with Gasteiger partial charge in [-0.1, -0.05) is 24.3 Å². The van der Waals surface area contributed by atoms with Crippen LogP contribution in [0.3, 0.4) is 0 Å². The zero-order valence-corrected chi connectivity index (χ0v) is 8.94. The molecule has 0 aromatic rings. The van der Waals surface area contributed by atoms with Gasteiger partial charge < -0.3 is 4.74 Å². The lowest BCUT2D eigenvalue weighted by atomic mass is 9.81. The smallest absolute Gasteiger partial charge is 0.179 e. The van der Waals surface area contributed by atoms with Crippen LogP contribution in [0.25, 0.3) is 0 Å². The molecular weight excluding hydrogens is 186 g/mol. The monoisotopic (exact) mass is 201 g/mol. The molecule has 2 rings (SSSR count). The van der Waals surface area contributed by atoms with Crippen molar-refractivity contribution in [3.8, 4) is 6.07 Å². The van der Waals surface area contributed by atoms with Crippen LogP contribution < -0.4 is 0 Å². The Kier molecular flexibility index (Phi) is 2.75. The van der Waals surface area contributed by atoms with Gasteiger partial charge in [-0.15, -0.1) is 0 Å². The summed E-state index contributed by atoms with van der Waals surface area (Å²) in [6.45, 7) is 0. The van der Waals surface area contributed by atoms with Crippen LogP contribution in [0, 0.1) is 17.2 Å². The summed E-state index contributed by atoms with van der Waals surface area (Å²) in [5.74, 6) is 0.195. The number of methoxy groups -OCH3 is 1. The van der Waals surface area contributed by atoms with Gasteiger partial charge in [-0.25, -0.2) is 0 Å². The molecule has 0 bridgehead atoms. The Bertz CT molecular complexity index is 372. The van der Waals surface area contributed by atoms with E-state index in [1.54, 1.807) is 7.11 Å². The van der Waals surface area contributed by atoms with Crippen molar-refractivity contribution in [1.29, 1.82) is 5.26 Å². The van der Waals surface area contributed by atoms with E-state index in [-0.39, 0.29) is 5.92 Å². The Hall–Kier alpha value is -1.33. The maximum absolute atomic E-state index is 9.33. The molecule has 0 amide bonds. The van der Waals surface area contributed by atoms with Crippen LogP contribution in [0.15, 0.2) is 36.0 Å². The minimum atomic E-state index is -0.757. The first kappa shape index (κ1) is 10.2. The number of nitriles is 1. The Labute approximate surface area is 90.5 Å². The Morgan fingerprint density at radius 2 is 2.40 bits per heavy atom. The summed E-state index contributed by atoms with van der Waals surface area (Å²) in [6, 6.07) is 2.32. The van der Waals surface area contributed by atoms with Gasteiger partial charge in [-0.05, 0) is 30.9 Å². The molecule has 2 aliphatic rings. The van der Waals surface area contributed by atoms with Crippen molar-refractivity contribution in [3.05, 3.63) is 36.0 Å². The highest BCUT2D eigenvalue weighted by atomic mass is 16.5. The second-order valence-electron chi connectivity index (χ2n) is 3.98. The normalized spacial score (nSPS) is 38.1. The fraction of sp³-hybridized carbons (Fsp3) is 0.462. The molecule has 0 saturated heterocycles. The lowest BCUT2D eigenvalue weighted by molar-refractivity contribution is 0.0426. The van der Waals surface area contributed by atoms with Gasteiger partial charge in [0.2, 0.25) is 0 Å². The van der Waals surface area contributed by atoms with Gasteiger partial charge in [0.15, 0.2) is 5.60 Å². The van der Waals surface area contributed by atoms with Crippen LogP contribution >= 0.6 is 0 Å². The highest BCUT2D eigenvalue weighted by Crippen LogP contribution is 2.39. The minimum absolute atomic E-state index is 0.195. The van der Waals surface area contributed by atoms with Crippen molar-refractivity contribution in [1.82, 2.24) is 0 Å². The third-order valence-corrected chi connectivity index (χ3v) is 3.22. The van der Waals surface area contributed by atoms with Crippen molar-refractivity contribution in [2.45, 2.75) is 24.9 Å². The maximum atomic E-state index is 9.33. The van der Waals surface area contributed by atoms with E-state index in [0.29, 0.717) is 0 Å². The lowest BCUT2D eigenvalue weighted by Gasteiger charge is -2.30. The molecule has 0 N–H and O–H groups in total. The number of ether oxygens (including phenoxy) is 1. The predicted octanol–water partition coefficient (Wildman–Crippen LogP) is 2.75.